The van der Waals surface area contributed by atoms with Gasteiger partial charge in [0, 0.05) is 24.7 Å². The van der Waals surface area contributed by atoms with E-state index < -0.39 is 5.97 Å². The average Bonchev–Trinajstić information content (AvgIpc) is 2.54. The second kappa shape index (κ2) is 5.54. The molecule has 1 N–H and O–H groups in total. The van der Waals surface area contributed by atoms with Crippen LogP contribution in [0.2, 0.25) is 5.02 Å². The van der Waals surface area contributed by atoms with Crippen molar-refractivity contribution in [2.24, 2.45) is 0 Å². The smallest absolute Gasteiger partial charge is 0.147 e. The number of hydrogen-bond donors (Lipinski definition) is 1. The lowest BCUT2D eigenvalue weighted by Gasteiger charge is -2.21. The Hall–Kier alpha value is -1.33. The van der Waals surface area contributed by atoms with Crippen LogP contribution in [0.25, 0.3) is 0 Å². The van der Waals surface area contributed by atoms with E-state index in [9.17, 15) is 9.90 Å². The Morgan fingerprint density at radius 1 is 1.50 bits per heavy atom. The maximum Gasteiger partial charge on any atom is 0.147 e. The molecule has 1 aliphatic rings. The van der Waals surface area contributed by atoms with Crippen LogP contribution in [0.1, 0.15) is 16.8 Å². The van der Waals surface area contributed by atoms with E-state index in [0.29, 0.717) is 10.8 Å². The van der Waals surface area contributed by atoms with E-state index in [2.05, 4.69) is 16.9 Å². The molecule has 1 unspecified atom stereocenters. The Bertz CT molecular complexity index is 453. The lowest BCUT2D eigenvalue weighted by atomic mass is 10.2. The van der Waals surface area contributed by atoms with Gasteiger partial charge in [-0.05, 0) is 6.07 Å². The topological polar surface area (TPSA) is 60.7 Å². The van der Waals surface area contributed by atoms with Crippen LogP contribution in [-0.4, -0.2) is 44.2 Å². The molecule has 2 rings (SSSR count). The van der Waals surface area contributed by atoms with Crippen LogP contribution in [0.5, 0.6) is 0 Å². The number of halogens is 1. The first-order chi connectivity index (χ1) is 8.58. The molecule has 1 aromatic rings. The van der Waals surface area contributed by atoms with Crippen molar-refractivity contribution in [2.75, 3.05) is 38.1 Å². The molecule has 98 valence electrons. The van der Waals surface area contributed by atoms with Crippen molar-refractivity contribution < 1.29 is 14.8 Å². The minimum absolute atomic E-state index is 0.0151. The van der Waals surface area contributed by atoms with E-state index in [1.807, 2.05) is 0 Å². The van der Waals surface area contributed by atoms with Crippen molar-refractivity contribution in [3.05, 3.63) is 22.8 Å². The minimum atomic E-state index is -1.25. The molecule has 1 atom stereocenters. The number of pyridine rings is 1. The SMILES string of the molecule is C[NH+]1CCCN(c2ncc(C(=O)[O-])cc2Cl)CC1. The molecule has 1 fully saturated rings. The summed E-state index contributed by atoms with van der Waals surface area (Å²) in [5.74, 6) is -0.590. The molecule has 1 saturated heterocycles. The number of rotatable bonds is 2. The summed E-state index contributed by atoms with van der Waals surface area (Å²) in [6.45, 7) is 3.93. The molecular weight excluding hydrogens is 254 g/mol. The van der Waals surface area contributed by atoms with Crippen molar-refractivity contribution in [1.29, 1.82) is 0 Å². The van der Waals surface area contributed by atoms with E-state index in [-0.39, 0.29) is 5.56 Å². The van der Waals surface area contributed by atoms with Gasteiger partial charge in [-0.25, -0.2) is 4.98 Å². The number of likely N-dealkylation sites (N-methyl/N-ethyl adjacent to an activating group) is 1. The van der Waals surface area contributed by atoms with Crippen LogP contribution in [0.4, 0.5) is 5.82 Å². The number of carbonyl (C=O) groups excluding carboxylic acids is 1. The highest BCUT2D eigenvalue weighted by molar-refractivity contribution is 6.33. The third-order valence-corrected chi connectivity index (χ3v) is 3.48. The Labute approximate surface area is 111 Å². The maximum atomic E-state index is 10.7. The zero-order valence-electron chi connectivity index (χ0n) is 10.3. The number of aromatic carboxylic acids is 1. The van der Waals surface area contributed by atoms with Crippen molar-refractivity contribution in [2.45, 2.75) is 6.42 Å². The van der Waals surface area contributed by atoms with Crippen LogP contribution >= 0.6 is 11.6 Å². The van der Waals surface area contributed by atoms with Gasteiger partial charge in [-0.3, -0.25) is 0 Å². The van der Waals surface area contributed by atoms with Gasteiger partial charge in [-0.2, -0.15) is 0 Å². The molecule has 0 aliphatic carbocycles. The monoisotopic (exact) mass is 269 g/mol. The van der Waals surface area contributed by atoms with Crippen LogP contribution in [0.15, 0.2) is 12.3 Å². The van der Waals surface area contributed by atoms with E-state index in [0.717, 1.165) is 32.6 Å². The Balaban J connectivity index is 2.20. The Kier molecular flexibility index (Phi) is 4.04. The van der Waals surface area contributed by atoms with Gasteiger partial charge in [0.05, 0.1) is 37.7 Å². The summed E-state index contributed by atoms with van der Waals surface area (Å²) in [6.07, 6.45) is 2.38. The van der Waals surface area contributed by atoms with Crippen molar-refractivity contribution in [1.82, 2.24) is 4.98 Å². The number of anilines is 1. The van der Waals surface area contributed by atoms with Crippen molar-refractivity contribution >= 4 is 23.4 Å². The fraction of sp³-hybridized carbons (Fsp3) is 0.500. The van der Waals surface area contributed by atoms with Gasteiger partial charge in [-0.15, -0.1) is 0 Å². The van der Waals surface area contributed by atoms with Gasteiger partial charge in [0.15, 0.2) is 0 Å². The number of nitrogens with zero attached hydrogens (tertiary/aromatic N) is 2. The van der Waals surface area contributed by atoms with E-state index in [1.165, 1.54) is 17.2 Å². The van der Waals surface area contributed by atoms with Gasteiger partial charge in [0.1, 0.15) is 5.82 Å². The fourth-order valence-electron chi connectivity index (χ4n) is 2.12. The zero-order valence-corrected chi connectivity index (χ0v) is 11.0. The summed E-state index contributed by atoms with van der Waals surface area (Å²) in [6, 6.07) is 1.40. The molecule has 5 nitrogen and oxygen atoms in total. The molecule has 2 heterocycles. The first-order valence-corrected chi connectivity index (χ1v) is 6.39. The molecule has 1 aromatic heterocycles. The standard InChI is InChI=1S/C12H16ClN3O2/c1-15-3-2-4-16(6-5-15)11-10(13)7-9(8-14-11)12(17)18/h7-8H,2-6H2,1H3,(H,17,18). The molecule has 1 aliphatic heterocycles. The van der Waals surface area contributed by atoms with Gasteiger partial charge in [0.2, 0.25) is 0 Å². The van der Waals surface area contributed by atoms with E-state index in [4.69, 9.17) is 11.6 Å². The Morgan fingerprint density at radius 3 is 2.94 bits per heavy atom. The number of aromatic nitrogens is 1. The highest BCUT2D eigenvalue weighted by Gasteiger charge is 2.18. The number of carbonyl (C=O) groups is 1. The van der Waals surface area contributed by atoms with Crippen LogP contribution in [0, 0.1) is 0 Å². The third-order valence-electron chi connectivity index (χ3n) is 3.20. The summed E-state index contributed by atoms with van der Waals surface area (Å²) in [7, 11) is 2.16. The van der Waals surface area contributed by atoms with Gasteiger partial charge in [0.25, 0.3) is 0 Å². The van der Waals surface area contributed by atoms with E-state index in [1.54, 1.807) is 0 Å². The van der Waals surface area contributed by atoms with Crippen molar-refractivity contribution in [3.8, 4) is 0 Å². The molecule has 6 heteroatoms. The molecule has 18 heavy (non-hydrogen) atoms. The lowest BCUT2D eigenvalue weighted by Crippen LogP contribution is -3.09. The van der Waals surface area contributed by atoms with E-state index >= 15 is 0 Å². The molecule has 0 saturated carbocycles. The summed E-state index contributed by atoms with van der Waals surface area (Å²) < 4.78 is 0. The predicted octanol–water partition coefficient (Wildman–Crippen LogP) is -1.18. The minimum Gasteiger partial charge on any atom is -0.545 e. The lowest BCUT2D eigenvalue weighted by molar-refractivity contribution is -0.876. The third kappa shape index (κ3) is 2.91. The first-order valence-electron chi connectivity index (χ1n) is 6.01. The molecule has 0 amide bonds. The maximum absolute atomic E-state index is 10.7. The number of carboxylic acid groups (broad SMARTS) is 1. The van der Waals surface area contributed by atoms with Crippen LogP contribution < -0.4 is 14.9 Å². The molecule has 0 aromatic carbocycles. The predicted molar refractivity (Wildman–Crippen MR) is 67.0 cm³/mol. The highest BCUT2D eigenvalue weighted by Crippen LogP contribution is 2.24. The summed E-state index contributed by atoms with van der Waals surface area (Å²) >= 11 is 6.09. The number of hydrogen-bond acceptors (Lipinski definition) is 4. The molecule has 0 bridgehead atoms. The largest absolute Gasteiger partial charge is 0.545 e. The molecule has 0 radical (unpaired) electrons. The summed E-state index contributed by atoms with van der Waals surface area (Å²) in [4.78, 5) is 18.5. The zero-order chi connectivity index (χ0) is 13.1. The highest BCUT2D eigenvalue weighted by atomic mass is 35.5. The normalized spacial score (nSPS) is 20.6. The van der Waals surface area contributed by atoms with Gasteiger partial charge >= 0.3 is 0 Å². The van der Waals surface area contributed by atoms with Crippen LogP contribution in [0.3, 0.4) is 0 Å². The van der Waals surface area contributed by atoms with Gasteiger partial charge < -0.3 is 19.7 Å². The second-order valence-corrected chi connectivity index (χ2v) is 5.02. The van der Waals surface area contributed by atoms with Crippen molar-refractivity contribution in [3.63, 3.8) is 0 Å². The van der Waals surface area contributed by atoms with Crippen LogP contribution in [-0.2, 0) is 0 Å². The number of nitrogens with one attached hydrogen (secondary N) is 1. The average molecular weight is 270 g/mol. The summed E-state index contributed by atoms with van der Waals surface area (Å²) in [5.41, 5.74) is 0.0151. The van der Waals surface area contributed by atoms with Gasteiger partial charge in [-0.1, -0.05) is 11.6 Å². The first kappa shape index (κ1) is 13.1. The molecule has 0 spiro atoms. The quantitative estimate of drug-likeness (QED) is 0.735. The number of quaternary nitrogens is 1. The fourth-order valence-corrected chi connectivity index (χ4v) is 2.41. The Morgan fingerprint density at radius 2 is 2.28 bits per heavy atom. The number of carboxylic acids is 1. The summed E-state index contributed by atoms with van der Waals surface area (Å²) in [5, 5.41) is 11.1. The second-order valence-electron chi connectivity index (χ2n) is 4.61. The molecular formula is C12H16ClN3O2.